The van der Waals surface area contributed by atoms with Crippen molar-refractivity contribution in [3.05, 3.63) is 0 Å². The highest BCUT2D eigenvalue weighted by molar-refractivity contribution is 6.75. The van der Waals surface area contributed by atoms with E-state index in [0.29, 0.717) is 0 Å². The molecule has 0 bridgehead atoms. The fourth-order valence-electron chi connectivity index (χ4n) is 10.1. The molecule has 1 aromatic heterocycles. The SMILES string of the molecule is Bc1c(B)c(B)c(-c2c3c(B)c(B)c(B)c(B)c3c(-c3c(B)c(B)c(B)c4oc5c(B)c(B)c(B)c(B)c5c34)c3c(B)c(B)c(B)c(B)c23)c(B)c1B. The van der Waals surface area contributed by atoms with Crippen molar-refractivity contribution in [2.45, 2.75) is 0 Å². The molecule has 6 aromatic carbocycles. The van der Waals surface area contributed by atoms with Gasteiger partial charge in [0.25, 0.3) is 0 Å². The molecule has 1 heterocycles. The maximum atomic E-state index is 7.11. The minimum Gasteiger partial charge on any atom is -0.457 e. The number of hydrogen-bond donors (Lipinski definition) is 0. The monoisotopic (exact) mass is 660 g/mol. The zero-order valence-corrected chi connectivity index (χ0v) is 36.4. The first-order valence-electron chi connectivity index (χ1n) is 19.7. The third-order valence-electron chi connectivity index (χ3n) is 15.3. The molecule has 0 saturated carbocycles. The lowest BCUT2D eigenvalue weighted by Gasteiger charge is -2.31. The predicted molar refractivity (Wildman–Crippen MR) is 303 cm³/mol. The minimum absolute atomic E-state index is 1.03. The van der Waals surface area contributed by atoms with E-state index in [4.69, 9.17) is 4.42 Å². The number of rotatable bonds is 2. The second kappa shape index (κ2) is 12.7. The molecule has 0 aliphatic heterocycles. The Hall–Kier alpha value is -3.06. The molecule has 0 aliphatic carbocycles. The van der Waals surface area contributed by atoms with Gasteiger partial charge in [0, 0.05) is 10.8 Å². The molecule has 1 nitrogen and oxygen atoms in total. The van der Waals surface area contributed by atoms with Gasteiger partial charge >= 0.3 is 0 Å². The van der Waals surface area contributed by atoms with Crippen molar-refractivity contribution < 1.29 is 4.42 Å². The molecule has 0 amide bonds. The highest BCUT2D eigenvalue weighted by atomic mass is 16.3. The van der Waals surface area contributed by atoms with E-state index >= 15 is 0 Å². The molecular weight excluding hydrogens is 617 g/mol. The Morgan fingerprint density at radius 3 is 0.774 bits per heavy atom. The molecule has 0 saturated heterocycles. The number of hydrogen-bond acceptors (Lipinski definition) is 1. The van der Waals surface area contributed by atoms with E-state index in [0.717, 1.165) is 11.2 Å². The molecule has 234 valence electrons. The summed E-state index contributed by atoms with van der Waals surface area (Å²) in [6.07, 6.45) is 0. The van der Waals surface area contributed by atoms with Crippen LogP contribution < -0.4 is 109 Å². The average molecular weight is 657 g/mol. The summed E-state index contributed by atoms with van der Waals surface area (Å²) < 4.78 is 7.11. The second-order valence-electron chi connectivity index (χ2n) is 17.0. The van der Waals surface area contributed by atoms with Crippen molar-refractivity contribution in [2.75, 3.05) is 0 Å². The molecule has 0 atom stereocenters. The number of benzene rings is 6. The van der Waals surface area contributed by atoms with Gasteiger partial charge in [-0.25, -0.2) is 0 Å². The quantitative estimate of drug-likeness (QED) is 0.133. The Morgan fingerprint density at radius 2 is 0.396 bits per heavy atom. The molecule has 21 heteroatoms. The molecule has 0 radical (unpaired) electrons. The van der Waals surface area contributed by atoms with Crippen LogP contribution in [0.1, 0.15) is 0 Å². The van der Waals surface area contributed by atoms with E-state index in [1.165, 1.54) is 164 Å². The Kier molecular flexibility index (Phi) is 9.19. The lowest BCUT2D eigenvalue weighted by molar-refractivity contribution is 0.675. The smallest absolute Gasteiger partial charge is 0.143 e. The normalized spacial score (nSPS) is 11.8. The Balaban J connectivity index is 1.97. The molecule has 7 rings (SSSR count). The summed E-state index contributed by atoms with van der Waals surface area (Å²) in [7, 11) is 46.7. The van der Waals surface area contributed by atoms with Crippen LogP contribution in [0.3, 0.4) is 0 Å². The Bertz CT molecular complexity index is 2780. The van der Waals surface area contributed by atoms with Crippen molar-refractivity contribution in [1.82, 2.24) is 0 Å². The van der Waals surface area contributed by atoms with E-state index in [2.05, 4.69) is 157 Å². The van der Waals surface area contributed by atoms with Crippen LogP contribution in [-0.4, -0.2) is 157 Å². The summed E-state index contributed by atoms with van der Waals surface area (Å²) in [4.78, 5) is 0. The van der Waals surface area contributed by atoms with E-state index in [9.17, 15) is 0 Å². The van der Waals surface area contributed by atoms with Gasteiger partial charge in [0.2, 0.25) is 0 Å². The van der Waals surface area contributed by atoms with Gasteiger partial charge < -0.3 is 4.42 Å². The van der Waals surface area contributed by atoms with Gasteiger partial charge in [0.05, 0.1) is 0 Å². The van der Waals surface area contributed by atoms with Gasteiger partial charge in [-0.2, -0.15) is 0 Å². The summed E-state index contributed by atoms with van der Waals surface area (Å²) in [6.45, 7) is 0. The fourth-order valence-corrected chi connectivity index (χ4v) is 10.1. The zero-order chi connectivity index (χ0) is 39.2. The van der Waals surface area contributed by atoms with Crippen LogP contribution in [0.25, 0.3) is 65.7 Å². The fraction of sp³-hybridized carbons (Fsp3) is 0. The van der Waals surface area contributed by atoms with Gasteiger partial charge in [-0.05, 0) is 43.8 Å². The van der Waals surface area contributed by atoms with Crippen molar-refractivity contribution in [3.63, 3.8) is 0 Å². The first-order valence-corrected chi connectivity index (χ1v) is 19.7. The van der Waals surface area contributed by atoms with Crippen LogP contribution in [-0.2, 0) is 0 Å². The third kappa shape index (κ3) is 4.86. The minimum atomic E-state index is 1.03. The van der Waals surface area contributed by atoms with Gasteiger partial charge in [0.1, 0.15) is 168 Å². The molecular formula is C32H40B20O. The summed E-state index contributed by atoms with van der Waals surface area (Å²) in [6, 6.07) is 0. The van der Waals surface area contributed by atoms with Crippen molar-refractivity contribution in [3.8, 4) is 22.3 Å². The number of furan rings is 1. The van der Waals surface area contributed by atoms with Crippen molar-refractivity contribution >= 4 is 310 Å². The maximum absolute atomic E-state index is 7.11. The second-order valence-corrected chi connectivity index (χ2v) is 17.0. The molecule has 0 N–H and O–H groups in total. The first kappa shape index (κ1) is 38.2. The van der Waals surface area contributed by atoms with E-state index in [-0.39, 0.29) is 0 Å². The average Bonchev–Trinajstić information content (AvgIpc) is 3.53. The maximum Gasteiger partial charge on any atom is 0.143 e. The van der Waals surface area contributed by atoms with Crippen LogP contribution >= 0.6 is 0 Å². The van der Waals surface area contributed by atoms with Gasteiger partial charge in [-0.3, -0.25) is 0 Å². The molecule has 7 aromatic rings. The molecule has 0 unspecified atom stereocenters. The first-order chi connectivity index (χ1) is 24.7. The predicted octanol–water partition coefficient (Wildman–Crippen LogP) is -25.6. The van der Waals surface area contributed by atoms with Crippen LogP contribution in [0.2, 0.25) is 0 Å². The standard InChI is InChI=1S/C32H40B20O/c33-11-3-1(7-8-10-18(40)25(47)28(50)30(52)32(10)53-31(8)29(51)26(48)15(7)37)4-6(14(36)22(44)20(42)12(4)34)2(5(3)13(35)21(43)19(11)41)9-16(38)23(45)27(49)24(46)17(9)39/h33-52H2. The lowest BCUT2D eigenvalue weighted by atomic mass is 9.56. The molecule has 0 aliphatic rings. The Labute approximate surface area is 334 Å². The largest absolute Gasteiger partial charge is 0.457 e. The molecule has 0 spiro atoms. The van der Waals surface area contributed by atoms with E-state index < -0.39 is 0 Å². The molecule has 53 heavy (non-hydrogen) atoms. The van der Waals surface area contributed by atoms with Crippen molar-refractivity contribution in [1.29, 1.82) is 0 Å². The van der Waals surface area contributed by atoms with Gasteiger partial charge in [-0.15, -0.1) is 43.7 Å². The van der Waals surface area contributed by atoms with Gasteiger partial charge in [-0.1, -0.05) is 65.6 Å². The van der Waals surface area contributed by atoms with Crippen LogP contribution in [0, 0.1) is 0 Å². The third-order valence-corrected chi connectivity index (χ3v) is 15.3. The van der Waals surface area contributed by atoms with E-state index in [1.54, 1.807) is 0 Å². The summed E-state index contributed by atoms with van der Waals surface area (Å²) in [5.41, 5.74) is 34.9. The highest BCUT2D eigenvalue weighted by Crippen LogP contribution is 2.42. The van der Waals surface area contributed by atoms with Crippen molar-refractivity contribution in [2.24, 2.45) is 0 Å². The molecule has 0 fully saturated rings. The van der Waals surface area contributed by atoms with Crippen LogP contribution in [0.5, 0.6) is 0 Å². The highest BCUT2D eigenvalue weighted by Gasteiger charge is 2.30. The number of fused-ring (bicyclic) bond motifs is 5. The summed E-state index contributed by atoms with van der Waals surface area (Å²) in [5, 5.41) is 8.17. The summed E-state index contributed by atoms with van der Waals surface area (Å²) >= 11 is 0. The lowest BCUT2D eigenvalue weighted by Crippen LogP contribution is -2.55. The van der Waals surface area contributed by atoms with Gasteiger partial charge in [0.15, 0.2) is 0 Å². The van der Waals surface area contributed by atoms with Crippen LogP contribution in [0.15, 0.2) is 4.42 Å². The Morgan fingerprint density at radius 1 is 0.170 bits per heavy atom. The van der Waals surface area contributed by atoms with Crippen LogP contribution in [0.4, 0.5) is 0 Å². The topological polar surface area (TPSA) is 13.1 Å². The summed E-state index contributed by atoms with van der Waals surface area (Å²) in [5.74, 6) is 0. The van der Waals surface area contributed by atoms with E-state index in [1.807, 2.05) is 0 Å². The zero-order valence-electron chi connectivity index (χ0n) is 36.4.